The Morgan fingerprint density at radius 3 is 2.52 bits per heavy atom. The quantitative estimate of drug-likeness (QED) is 0.467. The van der Waals surface area contributed by atoms with E-state index in [2.05, 4.69) is 9.13 Å². The summed E-state index contributed by atoms with van der Waals surface area (Å²) in [4.78, 5) is 12.8. The van der Waals surface area contributed by atoms with E-state index in [4.69, 9.17) is 11.6 Å². The predicted octanol–water partition coefficient (Wildman–Crippen LogP) is 4.84. The minimum atomic E-state index is -0.243. The highest BCUT2D eigenvalue weighted by molar-refractivity contribution is 6.30. The molecule has 0 fully saturated rings. The molecule has 0 amide bonds. The van der Waals surface area contributed by atoms with E-state index in [1.54, 1.807) is 36.4 Å². The molecular formula is C22H21ClFN2O+. The van der Waals surface area contributed by atoms with E-state index >= 15 is 0 Å². The second-order valence-corrected chi connectivity index (χ2v) is 7.39. The summed E-state index contributed by atoms with van der Waals surface area (Å²) in [7, 11) is 0. The minimum absolute atomic E-state index is 0.0555. The van der Waals surface area contributed by atoms with Gasteiger partial charge in [-0.15, -0.1) is 0 Å². The number of benzene rings is 2. The Morgan fingerprint density at radius 2 is 1.78 bits per heavy atom. The number of imidazole rings is 1. The lowest BCUT2D eigenvalue weighted by Crippen LogP contribution is -2.40. The Bertz CT molecular complexity index is 961. The third kappa shape index (κ3) is 3.81. The summed E-state index contributed by atoms with van der Waals surface area (Å²) < 4.78 is 17.7. The highest BCUT2D eigenvalue weighted by Crippen LogP contribution is 2.24. The summed E-state index contributed by atoms with van der Waals surface area (Å²) in [5.74, 6) is 0.973. The van der Waals surface area contributed by atoms with Gasteiger partial charge in [-0.1, -0.05) is 11.6 Å². The van der Waals surface area contributed by atoms with E-state index in [1.807, 2.05) is 6.20 Å². The smallest absolute Gasteiger partial charge is 0.257 e. The van der Waals surface area contributed by atoms with Gasteiger partial charge in [-0.25, -0.2) is 13.5 Å². The molecule has 3 nitrogen and oxygen atoms in total. The maximum atomic E-state index is 13.3. The molecule has 1 aliphatic rings. The lowest BCUT2D eigenvalue weighted by Gasteiger charge is -2.03. The van der Waals surface area contributed by atoms with Crippen LogP contribution >= 0.6 is 11.6 Å². The lowest BCUT2D eigenvalue weighted by molar-refractivity contribution is -0.690. The van der Waals surface area contributed by atoms with Crippen molar-refractivity contribution >= 4 is 17.4 Å². The number of carbonyl (C=O) groups is 1. The molecule has 0 N–H and O–H groups in total. The number of carbonyl (C=O) groups excluding carboxylic acids is 1. The molecule has 0 saturated heterocycles. The number of Topliss-reactive ketones (excluding diaryl/α,β-unsaturated/α-hetero) is 1. The molecule has 0 atom stereocenters. The Kier molecular flexibility index (Phi) is 5.08. The first-order valence-electron chi connectivity index (χ1n) is 9.28. The van der Waals surface area contributed by atoms with Gasteiger partial charge in [-0.3, -0.25) is 4.79 Å². The Morgan fingerprint density at radius 1 is 1.04 bits per heavy atom. The molecule has 0 aliphatic carbocycles. The zero-order valence-corrected chi connectivity index (χ0v) is 15.8. The molecule has 27 heavy (non-hydrogen) atoms. The molecule has 0 unspecified atom stereocenters. The summed E-state index contributed by atoms with van der Waals surface area (Å²) in [5.41, 5.74) is 2.66. The summed E-state index contributed by atoms with van der Waals surface area (Å²) in [6.07, 6.45) is 6.37. The van der Waals surface area contributed by atoms with Crippen molar-refractivity contribution in [3.63, 3.8) is 0 Å². The van der Waals surface area contributed by atoms with Gasteiger partial charge in [0.15, 0.2) is 12.2 Å². The van der Waals surface area contributed by atoms with Crippen LogP contribution in [0.1, 0.15) is 35.4 Å². The third-order valence-corrected chi connectivity index (χ3v) is 5.37. The number of hydrogen-bond donors (Lipinski definition) is 0. The minimum Gasteiger partial charge on any atom is -0.290 e. The van der Waals surface area contributed by atoms with Crippen LogP contribution in [-0.4, -0.2) is 10.4 Å². The van der Waals surface area contributed by atoms with Gasteiger partial charge < -0.3 is 0 Å². The second kappa shape index (κ2) is 7.65. The number of rotatable bonds is 4. The van der Waals surface area contributed by atoms with Gasteiger partial charge in [0.2, 0.25) is 5.78 Å². The SMILES string of the molecule is O=C(C[n+]1cc(-c2ccc(F)cc2)n2c1CCCCC2)c1ccc(Cl)cc1. The fourth-order valence-corrected chi connectivity index (χ4v) is 3.84. The zero-order chi connectivity index (χ0) is 18.8. The fourth-order valence-electron chi connectivity index (χ4n) is 3.71. The van der Waals surface area contributed by atoms with Crippen LogP contribution in [0, 0.1) is 5.82 Å². The van der Waals surface area contributed by atoms with Crippen molar-refractivity contribution in [1.29, 1.82) is 0 Å². The van der Waals surface area contributed by atoms with Crippen LogP contribution in [0.15, 0.2) is 54.7 Å². The Balaban J connectivity index is 1.71. The maximum absolute atomic E-state index is 13.3. The number of aromatic nitrogens is 2. The van der Waals surface area contributed by atoms with Crippen LogP contribution in [0.5, 0.6) is 0 Å². The number of halogens is 2. The summed E-state index contributed by atoms with van der Waals surface area (Å²) in [6.45, 7) is 1.21. The summed E-state index contributed by atoms with van der Waals surface area (Å²) in [6, 6.07) is 13.6. The molecular weight excluding hydrogens is 363 g/mol. The van der Waals surface area contributed by atoms with Crippen LogP contribution in [0.25, 0.3) is 11.3 Å². The van der Waals surface area contributed by atoms with Crippen molar-refractivity contribution in [1.82, 2.24) is 4.57 Å². The van der Waals surface area contributed by atoms with Gasteiger partial charge in [0.05, 0.1) is 6.54 Å². The Hall–Kier alpha value is -2.46. The molecule has 0 radical (unpaired) electrons. The highest BCUT2D eigenvalue weighted by Gasteiger charge is 2.27. The maximum Gasteiger partial charge on any atom is 0.257 e. The largest absolute Gasteiger partial charge is 0.290 e. The van der Waals surface area contributed by atoms with Gasteiger partial charge in [-0.2, -0.15) is 0 Å². The topological polar surface area (TPSA) is 25.9 Å². The van der Waals surface area contributed by atoms with Crippen molar-refractivity contribution in [2.75, 3.05) is 0 Å². The van der Waals surface area contributed by atoms with Crippen molar-refractivity contribution < 1.29 is 13.8 Å². The third-order valence-electron chi connectivity index (χ3n) is 5.11. The van der Waals surface area contributed by atoms with Gasteiger partial charge >= 0.3 is 0 Å². The average Bonchev–Trinajstić information content (AvgIpc) is 2.84. The van der Waals surface area contributed by atoms with Gasteiger partial charge in [0, 0.05) is 22.6 Å². The van der Waals surface area contributed by atoms with Crippen LogP contribution in [0.2, 0.25) is 5.02 Å². The number of nitrogens with zero attached hydrogens (tertiary/aromatic N) is 2. The standard InChI is InChI=1S/C22H21ClFN2O/c23-18-9-5-17(6-10-18)21(27)15-25-14-20(16-7-11-19(24)12-8-16)26-13-3-1-2-4-22(25)26/h5-12,14H,1-4,13,15H2/q+1. The molecule has 0 saturated carbocycles. The van der Waals surface area contributed by atoms with E-state index in [1.165, 1.54) is 18.6 Å². The van der Waals surface area contributed by atoms with Gasteiger partial charge in [0.25, 0.3) is 5.82 Å². The Labute approximate surface area is 163 Å². The van der Waals surface area contributed by atoms with E-state index in [0.29, 0.717) is 10.6 Å². The fraction of sp³-hybridized carbons (Fsp3) is 0.273. The molecule has 5 heteroatoms. The molecule has 3 aromatic rings. The normalized spacial score (nSPS) is 13.9. The highest BCUT2D eigenvalue weighted by atomic mass is 35.5. The summed E-state index contributed by atoms with van der Waals surface area (Å²) in [5, 5.41) is 0.621. The van der Waals surface area contributed by atoms with E-state index in [9.17, 15) is 9.18 Å². The van der Waals surface area contributed by atoms with Crippen molar-refractivity contribution in [2.24, 2.45) is 0 Å². The van der Waals surface area contributed by atoms with Crippen molar-refractivity contribution in [3.8, 4) is 11.3 Å². The number of hydrogen-bond acceptors (Lipinski definition) is 1. The average molecular weight is 384 g/mol. The molecule has 1 aromatic heterocycles. The summed E-state index contributed by atoms with van der Waals surface area (Å²) >= 11 is 5.93. The molecule has 2 aromatic carbocycles. The predicted molar refractivity (Wildman–Crippen MR) is 103 cm³/mol. The second-order valence-electron chi connectivity index (χ2n) is 6.96. The van der Waals surface area contributed by atoms with E-state index in [-0.39, 0.29) is 18.1 Å². The van der Waals surface area contributed by atoms with Crippen LogP contribution < -0.4 is 4.57 Å². The first-order chi connectivity index (χ1) is 13.1. The van der Waals surface area contributed by atoms with Crippen LogP contribution in [-0.2, 0) is 19.5 Å². The first kappa shape index (κ1) is 17.9. The first-order valence-corrected chi connectivity index (χ1v) is 9.66. The molecule has 1 aliphatic heterocycles. The number of ketones is 1. The van der Waals surface area contributed by atoms with Crippen LogP contribution in [0.4, 0.5) is 4.39 Å². The van der Waals surface area contributed by atoms with E-state index in [0.717, 1.165) is 42.9 Å². The zero-order valence-electron chi connectivity index (χ0n) is 15.0. The van der Waals surface area contributed by atoms with Gasteiger partial charge in [-0.05, 0) is 67.8 Å². The molecule has 0 bridgehead atoms. The van der Waals surface area contributed by atoms with Crippen molar-refractivity contribution in [2.45, 2.75) is 38.8 Å². The monoisotopic (exact) mass is 383 g/mol. The van der Waals surface area contributed by atoms with Gasteiger partial charge in [0.1, 0.15) is 12.0 Å². The lowest BCUT2D eigenvalue weighted by atomic mass is 10.1. The molecule has 138 valence electrons. The van der Waals surface area contributed by atoms with Crippen LogP contribution in [0.3, 0.4) is 0 Å². The van der Waals surface area contributed by atoms with E-state index < -0.39 is 0 Å². The molecule has 0 spiro atoms. The van der Waals surface area contributed by atoms with Crippen molar-refractivity contribution in [3.05, 3.63) is 77.0 Å². The molecule has 2 heterocycles. The molecule has 4 rings (SSSR count). The number of fused-ring (bicyclic) bond motifs is 1.